The summed E-state index contributed by atoms with van der Waals surface area (Å²) >= 11 is 1.71. The van der Waals surface area contributed by atoms with E-state index in [-0.39, 0.29) is 5.69 Å². The monoisotopic (exact) mass is 279 g/mol. The molecule has 2 rings (SSSR count). The Hall–Kier alpha value is -1.82. The summed E-state index contributed by atoms with van der Waals surface area (Å²) < 4.78 is 6.56. The van der Waals surface area contributed by atoms with Gasteiger partial charge in [0.05, 0.1) is 13.7 Å². The summed E-state index contributed by atoms with van der Waals surface area (Å²) in [6.07, 6.45) is 0.714. The van der Waals surface area contributed by atoms with Gasteiger partial charge in [-0.25, -0.2) is 9.78 Å². The van der Waals surface area contributed by atoms with E-state index in [0.29, 0.717) is 18.8 Å². The van der Waals surface area contributed by atoms with E-state index in [9.17, 15) is 4.79 Å². The molecule has 2 N–H and O–H groups in total. The predicted octanol–water partition coefficient (Wildman–Crippen LogP) is 2.23. The number of methoxy groups -OCH3 is 1. The number of ether oxygens (including phenoxy) is 1. The van der Waals surface area contributed by atoms with Gasteiger partial charge in [-0.2, -0.15) is 0 Å². The highest BCUT2D eigenvalue weighted by atomic mass is 32.1. The maximum atomic E-state index is 11.6. The van der Waals surface area contributed by atoms with Crippen LogP contribution in [0.2, 0.25) is 0 Å². The molecule has 102 valence electrons. The van der Waals surface area contributed by atoms with Crippen LogP contribution < -0.4 is 5.73 Å². The Morgan fingerprint density at radius 1 is 1.53 bits per heavy atom. The Morgan fingerprint density at radius 2 is 2.26 bits per heavy atom. The summed E-state index contributed by atoms with van der Waals surface area (Å²) in [6.45, 7) is 4.68. The lowest BCUT2D eigenvalue weighted by Crippen LogP contribution is -2.09. The van der Waals surface area contributed by atoms with E-state index in [1.54, 1.807) is 11.3 Å². The van der Waals surface area contributed by atoms with Crippen LogP contribution in [0, 0.1) is 6.92 Å². The molecule has 2 aromatic heterocycles. The van der Waals surface area contributed by atoms with Gasteiger partial charge in [-0.3, -0.25) is 0 Å². The average Bonchev–Trinajstić information content (AvgIpc) is 2.94. The zero-order valence-electron chi connectivity index (χ0n) is 11.3. The van der Waals surface area contributed by atoms with Gasteiger partial charge in [-0.1, -0.05) is 6.92 Å². The van der Waals surface area contributed by atoms with Crippen molar-refractivity contribution >= 4 is 23.1 Å². The minimum absolute atomic E-state index is 0.202. The van der Waals surface area contributed by atoms with Crippen LogP contribution in [0.3, 0.4) is 0 Å². The van der Waals surface area contributed by atoms with E-state index in [4.69, 9.17) is 10.5 Å². The van der Waals surface area contributed by atoms with Gasteiger partial charge in [0.25, 0.3) is 0 Å². The van der Waals surface area contributed by atoms with Gasteiger partial charge in [-0.05, 0) is 19.1 Å². The van der Waals surface area contributed by atoms with E-state index in [1.807, 2.05) is 11.5 Å². The van der Waals surface area contributed by atoms with Gasteiger partial charge in [0, 0.05) is 16.2 Å². The summed E-state index contributed by atoms with van der Waals surface area (Å²) in [5.41, 5.74) is 6.22. The summed E-state index contributed by atoms with van der Waals surface area (Å²) in [5, 5.41) is 0. The molecular weight excluding hydrogens is 262 g/mol. The first kappa shape index (κ1) is 13.6. The molecule has 5 nitrogen and oxygen atoms in total. The number of aromatic nitrogens is 2. The fourth-order valence-corrected chi connectivity index (χ4v) is 2.81. The Bertz CT molecular complexity index is 601. The van der Waals surface area contributed by atoms with E-state index in [0.717, 1.165) is 5.82 Å². The van der Waals surface area contributed by atoms with Crippen LogP contribution in [-0.4, -0.2) is 22.6 Å². The lowest BCUT2D eigenvalue weighted by Gasteiger charge is -2.07. The topological polar surface area (TPSA) is 70.1 Å². The van der Waals surface area contributed by atoms with Crippen molar-refractivity contribution in [3.8, 4) is 0 Å². The predicted molar refractivity (Wildman–Crippen MR) is 75.5 cm³/mol. The number of carbonyl (C=O) groups is 1. The lowest BCUT2D eigenvalue weighted by atomic mass is 10.4. The molecule has 2 aromatic rings. The average molecular weight is 279 g/mol. The van der Waals surface area contributed by atoms with Crippen LogP contribution in [0.1, 0.15) is 33.0 Å². The van der Waals surface area contributed by atoms with Crippen LogP contribution in [-0.2, 0) is 17.7 Å². The quantitative estimate of drug-likeness (QED) is 0.871. The minimum atomic E-state index is -0.492. The third kappa shape index (κ3) is 2.63. The number of anilines is 1. The molecule has 0 aliphatic carbocycles. The first-order valence-electron chi connectivity index (χ1n) is 6.05. The van der Waals surface area contributed by atoms with E-state index in [1.165, 1.54) is 16.9 Å². The highest BCUT2D eigenvalue weighted by Gasteiger charge is 2.20. The van der Waals surface area contributed by atoms with Gasteiger partial charge >= 0.3 is 5.97 Å². The van der Waals surface area contributed by atoms with Crippen molar-refractivity contribution in [1.82, 2.24) is 9.55 Å². The molecule has 0 atom stereocenters. The molecule has 0 radical (unpaired) electrons. The molecule has 0 aliphatic heterocycles. The molecule has 2 heterocycles. The first-order chi connectivity index (χ1) is 9.06. The third-order valence-corrected chi connectivity index (χ3v) is 3.88. The summed E-state index contributed by atoms with van der Waals surface area (Å²) in [4.78, 5) is 18.3. The maximum absolute atomic E-state index is 11.6. The molecular formula is C13H17N3O2S. The molecule has 0 fully saturated rings. The van der Waals surface area contributed by atoms with Crippen LogP contribution in [0.5, 0.6) is 0 Å². The Morgan fingerprint density at radius 3 is 2.79 bits per heavy atom. The molecule has 0 saturated heterocycles. The van der Waals surface area contributed by atoms with Crippen molar-refractivity contribution in [1.29, 1.82) is 0 Å². The first-order valence-corrected chi connectivity index (χ1v) is 6.87. The number of carbonyl (C=O) groups excluding carboxylic acids is 1. The Balaban J connectivity index is 2.38. The van der Waals surface area contributed by atoms with E-state index >= 15 is 0 Å². The van der Waals surface area contributed by atoms with E-state index < -0.39 is 5.97 Å². The highest BCUT2D eigenvalue weighted by molar-refractivity contribution is 7.11. The molecule has 0 amide bonds. The summed E-state index contributed by atoms with van der Waals surface area (Å²) in [7, 11) is 1.33. The van der Waals surface area contributed by atoms with Gasteiger partial charge < -0.3 is 15.0 Å². The SMILES string of the molecule is CCc1nc(C(=O)OC)c(N)n1Cc1ccc(C)s1. The second kappa shape index (κ2) is 5.44. The number of esters is 1. The van der Waals surface area contributed by atoms with Crippen molar-refractivity contribution in [3.63, 3.8) is 0 Å². The van der Waals surface area contributed by atoms with Crippen LogP contribution in [0.4, 0.5) is 5.82 Å². The van der Waals surface area contributed by atoms with Crippen molar-refractivity contribution < 1.29 is 9.53 Å². The van der Waals surface area contributed by atoms with Gasteiger partial charge in [0.2, 0.25) is 0 Å². The molecule has 0 aliphatic rings. The van der Waals surface area contributed by atoms with Crippen LogP contribution in [0.25, 0.3) is 0 Å². The van der Waals surface area contributed by atoms with Crippen molar-refractivity contribution in [2.75, 3.05) is 12.8 Å². The van der Waals surface area contributed by atoms with Crippen LogP contribution in [0.15, 0.2) is 12.1 Å². The summed E-state index contributed by atoms with van der Waals surface area (Å²) in [5.74, 6) is 0.673. The normalized spacial score (nSPS) is 10.7. The van der Waals surface area contributed by atoms with Gasteiger partial charge in [0.1, 0.15) is 11.6 Å². The molecule has 0 saturated carbocycles. The van der Waals surface area contributed by atoms with E-state index in [2.05, 4.69) is 24.0 Å². The molecule has 19 heavy (non-hydrogen) atoms. The largest absolute Gasteiger partial charge is 0.464 e. The number of rotatable bonds is 4. The van der Waals surface area contributed by atoms with Crippen LogP contribution >= 0.6 is 11.3 Å². The second-order valence-electron chi connectivity index (χ2n) is 4.21. The number of nitrogen functional groups attached to an aromatic ring is 1. The number of thiophene rings is 1. The zero-order chi connectivity index (χ0) is 14.0. The molecule has 0 spiro atoms. The Labute approximate surface area is 116 Å². The summed E-state index contributed by atoms with van der Waals surface area (Å²) in [6, 6.07) is 4.14. The number of imidazole rings is 1. The third-order valence-electron chi connectivity index (χ3n) is 2.89. The molecule has 0 unspecified atom stereocenters. The van der Waals surface area contributed by atoms with Gasteiger partial charge in [0.15, 0.2) is 5.69 Å². The number of hydrogen-bond donors (Lipinski definition) is 1. The Kier molecular flexibility index (Phi) is 3.90. The fourth-order valence-electron chi connectivity index (χ4n) is 1.93. The molecule has 0 bridgehead atoms. The minimum Gasteiger partial charge on any atom is -0.464 e. The maximum Gasteiger partial charge on any atom is 0.360 e. The number of hydrogen-bond acceptors (Lipinski definition) is 5. The van der Waals surface area contributed by atoms with Crippen molar-refractivity contribution in [2.24, 2.45) is 0 Å². The number of aryl methyl sites for hydroxylation is 2. The van der Waals surface area contributed by atoms with Crippen molar-refractivity contribution in [2.45, 2.75) is 26.8 Å². The number of nitrogens with zero attached hydrogens (tertiary/aromatic N) is 2. The molecule has 0 aromatic carbocycles. The lowest BCUT2D eigenvalue weighted by molar-refractivity contribution is 0.0595. The van der Waals surface area contributed by atoms with Gasteiger partial charge in [-0.15, -0.1) is 11.3 Å². The standard InChI is InChI=1S/C13H17N3O2S/c1-4-10-15-11(13(17)18-3)12(14)16(10)7-9-6-5-8(2)19-9/h5-6H,4,7,14H2,1-3H3. The van der Waals surface area contributed by atoms with Crippen molar-refractivity contribution in [3.05, 3.63) is 33.4 Å². The number of nitrogens with two attached hydrogens (primary N) is 1. The highest BCUT2D eigenvalue weighted by Crippen LogP contribution is 2.22. The smallest absolute Gasteiger partial charge is 0.360 e. The molecule has 6 heteroatoms. The fraction of sp³-hybridized carbons (Fsp3) is 0.385. The zero-order valence-corrected chi connectivity index (χ0v) is 12.1. The second-order valence-corrected chi connectivity index (χ2v) is 5.58.